The number of aromatic nitrogens is 2. The van der Waals surface area contributed by atoms with E-state index in [-0.39, 0.29) is 0 Å². The van der Waals surface area contributed by atoms with Gasteiger partial charge in [0.05, 0.1) is 5.39 Å². The van der Waals surface area contributed by atoms with Crippen molar-refractivity contribution in [3.05, 3.63) is 16.8 Å². The number of thioether (sulfide) groups is 1. The van der Waals surface area contributed by atoms with Crippen molar-refractivity contribution in [1.29, 1.82) is 0 Å². The van der Waals surface area contributed by atoms with Crippen LogP contribution in [-0.2, 0) is 12.8 Å². The fraction of sp³-hybridized carbons (Fsp3) is 0.600. The van der Waals surface area contributed by atoms with Crippen molar-refractivity contribution in [2.45, 2.75) is 43.3 Å². The van der Waals surface area contributed by atoms with E-state index in [0.29, 0.717) is 4.75 Å². The van der Waals surface area contributed by atoms with Crippen molar-refractivity contribution in [2.24, 2.45) is 0 Å². The summed E-state index contributed by atoms with van der Waals surface area (Å²) in [5.41, 5.74) is 1.51. The highest BCUT2D eigenvalue weighted by molar-refractivity contribution is 8.00. The van der Waals surface area contributed by atoms with Gasteiger partial charge in [0.2, 0.25) is 0 Å². The summed E-state index contributed by atoms with van der Waals surface area (Å²) in [7, 11) is 0. The second-order valence-electron chi connectivity index (χ2n) is 5.85. The first-order valence-corrected chi connectivity index (χ1v) is 9.40. The molecule has 0 unspecified atom stereocenters. The van der Waals surface area contributed by atoms with Crippen molar-refractivity contribution in [3.63, 3.8) is 0 Å². The van der Waals surface area contributed by atoms with Crippen LogP contribution in [0.2, 0.25) is 0 Å². The van der Waals surface area contributed by atoms with Gasteiger partial charge in [-0.2, -0.15) is 11.8 Å². The zero-order chi connectivity index (χ0) is 13.6. The molecule has 0 amide bonds. The van der Waals surface area contributed by atoms with E-state index < -0.39 is 0 Å². The Morgan fingerprint density at radius 3 is 2.95 bits per heavy atom. The quantitative estimate of drug-likeness (QED) is 0.930. The fourth-order valence-electron chi connectivity index (χ4n) is 3.33. The summed E-state index contributed by atoms with van der Waals surface area (Å²) < 4.78 is 0.441. The van der Waals surface area contributed by atoms with Crippen LogP contribution in [-0.4, -0.2) is 27.5 Å². The smallest absolute Gasteiger partial charge is 0.138 e. The predicted molar refractivity (Wildman–Crippen MR) is 88.0 cm³/mol. The van der Waals surface area contributed by atoms with E-state index in [1.54, 1.807) is 6.33 Å². The van der Waals surface area contributed by atoms with Crippen LogP contribution in [0.15, 0.2) is 6.33 Å². The first kappa shape index (κ1) is 12.9. The van der Waals surface area contributed by atoms with Crippen molar-refractivity contribution >= 4 is 39.1 Å². The highest BCUT2D eigenvalue weighted by Gasteiger charge is 2.36. The third-order valence-electron chi connectivity index (χ3n) is 4.78. The molecule has 0 radical (unpaired) electrons. The topological polar surface area (TPSA) is 37.8 Å². The lowest BCUT2D eigenvalue weighted by Crippen LogP contribution is -2.40. The third-order valence-corrected chi connectivity index (χ3v) is 7.40. The fourth-order valence-corrected chi connectivity index (χ4v) is 5.47. The van der Waals surface area contributed by atoms with Gasteiger partial charge in [-0.3, -0.25) is 0 Å². The molecule has 5 heteroatoms. The maximum absolute atomic E-state index is 4.53. The number of nitrogens with zero attached hydrogens (tertiary/aromatic N) is 2. The summed E-state index contributed by atoms with van der Waals surface area (Å²) in [6.45, 7) is 1.03. The second kappa shape index (κ2) is 4.88. The molecule has 2 aromatic heterocycles. The van der Waals surface area contributed by atoms with E-state index in [2.05, 4.69) is 21.5 Å². The van der Waals surface area contributed by atoms with E-state index in [1.165, 1.54) is 59.2 Å². The van der Waals surface area contributed by atoms with Gasteiger partial charge in [0.15, 0.2) is 0 Å². The number of hydrogen-bond acceptors (Lipinski definition) is 5. The van der Waals surface area contributed by atoms with Crippen LogP contribution >= 0.6 is 23.1 Å². The molecule has 2 aliphatic carbocycles. The van der Waals surface area contributed by atoms with Crippen LogP contribution in [0.25, 0.3) is 10.2 Å². The lowest BCUT2D eigenvalue weighted by molar-refractivity contribution is 0.379. The molecule has 4 rings (SSSR count). The monoisotopic (exact) mass is 305 g/mol. The Balaban J connectivity index is 1.66. The van der Waals surface area contributed by atoms with Crippen LogP contribution in [0.1, 0.15) is 36.1 Å². The Kier molecular flexibility index (Phi) is 3.15. The molecule has 0 aromatic carbocycles. The van der Waals surface area contributed by atoms with Crippen LogP contribution < -0.4 is 5.32 Å². The summed E-state index contributed by atoms with van der Waals surface area (Å²) in [6.07, 6.45) is 11.7. The largest absolute Gasteiger partial charge is 0.368 e. The molecule has 2 heterocycles. The summed E-state index contributed by atoms with van der Waals surface area (Å²) in [5.74, 6) is 1.06. The molecule has 0 saturated heterocycles. The molecular weight excluding hydrogens is 286 g/mol. The number of anilines is 1. The minimum absolute atomic E-state index is 0.441. The Bertz CT molecular complexity index is 640. The lowest BCUT2D eigenvalue weighted by atomic mass is 9.84. The van der Waals surface area contributed by atoms with Gasteiger partial charge >= 0.3 is 0 Å². The van der Waals surface area contributed by atoms with Crippen molar-refractivity contribution in [3.8, 4) is 0 Å². The first-order valence-electron chi connectivity index (χ1n) is 7.36. The minimum atomic E-state index is 0.441. The number of fused-ring (bicyclic) bond motifs is 3. The Hall–Kier alpha value is -0.810. The van der Waals surface area contributed by atoms with Crippen molar-refractivity contribution < 1.29 is 0 Å². The van der Waals surface area contributed by atoms with Gasteiger partial charge in [-0.15, -0.1) is 11.3 Å². The number of aryl methyl sites for hydroxylation is 2. The van der Waals surface area contributed by atoms with Gasteiger partial charge in [0, 0.05) is 16.2 Å². The summed E-state index contributed by atoms with van der Waals surface area (Å²) in [5, 5.41) is 4.94. The van der Waals surface area contributed by atoms with E-state index in [1.807, 2.05) is 23.1 Å². The van der Waals surface area contributed by atoms with Crippen LogP contribution in [0, 0.1) is 0 Å². The Labute approximate surface area is 127 Å². The highest BCUT2D eigenvalue weighted by Crippen LogP contribution is 2.44. The Morgan fingerprint density at radius 1 is 1.30 bits per heavy atom. The zero-order valence-electron chi connectivity index (χ0n) is 11.7. The maximum atomic E-state index is 4.53. The molecule has 1 N–H and O–H groups in total. The average molecular weight is 305 g/mol. The van der Waals surface area contributed by atoms with Gasteiger partial charge in [-0.25, -0.2) is 9.97 Å². The second-order valence-corrected chi connectivity index (χ2v) is 8.21. The average Bonchev–Trinajstić information content (AvgIpc) is 2.98. The molecule has 2 aliphatic rings. The molecule has 0 aliphatic heterocycles. The summed E-state index contributed by atoms with van der Waals surface area (Å²) in [4.78, 5) is 11.7. The van der Waals surface area contributed by atoms with Crippen molar-refractivity contribution in [1.82, 2.24) is 9.97 Å². The van der Waals surface area contributed by atoms with Gasteiger partial charge in [0.25, 0.3) is 0 Å². The third kappa shape index (κ3) is 1.94. The molecule has 2 aromatic rings. The standard InChI is InChI=1S/C15H19N3S2/c1-19-15(6-3-7-15)8-16-13-12-10-4-2-5-11(10)20-14(12)18-9-17-13/h9H,2-8H2,1H3,(H,16,17,18). The van der Waals surface area contributed by atoms with E-state index in [4.69, 9.17) is 0 Å². The van der Waals surface area contributed by atoms with Crippen LogP contribution in [0.4, 0.5) is 5.82 Å². The van der Waals surface area contributed by atoms with Crippen LogP contribution in [0.5, 0.6) is 0 Å². The molecule has 0 bridgehead atoms. The number of thiophene rings is 1. The van der Waals surface area contributed by atoms with Gasteiger partial charge in [0.1, 0.15) is 17.0 Å². The number of hydrogen-bond donors (Lipinski definition) is 1. The zero-order valence-corrected chi connectivity index (χ0v) is 13.4. The van der Waals surface area contributed by atoms with E-state index in [9.17, 15) is 0 Å². The predicted octanol–water partition coefficient (Wildman–Crippen LogP) is 3.88. The molecule has 1 fully saturated rings. The van der Waals surface area contributed by atoms with E-state index >= 15 is 0 Å². The molecule has 20 heavy (non-hydrogen) atoms. The molecule has 106 valence electrons. The molecular formula is C15H19N3S2. The van der Waals surface area contributed by atoms with Gasteiger partial charge < -0.3 is 5.32 Å². The summed E-state index contributed by atoms with van der Waals surface area (Å²) >= 11 is 3.87. The van der Waals surface area contributed by atoms with Gasteiger partial charge in [-0.05, 0) is 43.9 Å². The van der Waals surface area contributed by atoms with Gasteiger partial charge in [-0.1, -0.05) is 6.42 Å². The van der Waals surface area contributed by atoms with Crippen molar-refractivity contribution in [2.75, 3.05) is 18.1 Å². The Morgan fingerprint density at radius 2 is 2.20 bits per heavy atom. The number of rotatable bonds is 4. The molecule has 3 nitrogen and oxygen atoms in total. The minimum Gasteiger partial charge on any atom is -0.368 e. The maximum Gasteiger partial charge on any atom is 0.138 e. The van der Waals surface area contributed by atoms with Crippen LogP contribution in [0.3, 0.4) is 0 Å². The number of nitrogens with one attached hydrogen (secondary N) is 1. The molecule has 0 spiro atoms. The normalized spacial score (nSPS) is 19.9. The van der Waals surface area contributed by atoms with E-state index in [0.717, 1.165) is 12.4 Å². The highest BCUT2D eigenvalue weighted by atomic mass is 32.2. The summed E-state index contributed by atoms with van der Waals surface area (Å²) in [6, 6.07) is 0. The SMILES string of the molecule is CSC1(CNc2ncnc3sc4c(c23)CCC4)CCC1. The molecule has 1 saturated carbocycles. The molecule has 0 atom stereocenters. The lowest BCUT2D eigenvalue weighted by Gasteiger charge is -2.40. The first-order chi connectivity index (χ1) is 9.81.